The van der Waals surface area contributed by atoms with Gasteiger partial charge in [-0.2, -0.15) is 0 Å². The number of urea groups is 1. The number of benzene rings is 2. The normalized spacial score (nSPS) is 10.1. The monoisotopic (exact) mass is 326 g/mol. The summed E-state index contributed by atoms with van der Waals surface area (Å²) in [7, 11) is 0. The minimum Gasteiger partial charge on any atom is -0.330 e. The molecule has 0 aliphatic heterocycles. The number of hydrogen-bond acceptors (Lipinski definition) is 3. The summed E-state index contributed by atoms with van der Waals surface area (Å²) < 4.78 is 0. The van der Waals surface area contributed by atoms with Gasteiger partial charge in [-0.25, -0.2) is 4.79 Å². The molecule has 0 atom stereocenters. The molecule has 24 heavy (non-hydrogen) atoms. The first-order valence-electron chi connectivity index (χ1n) is 7.82. The fraction of sp³-hybridized carbons (Fsp3) is 0.222. The van der Waals surface area contributed by atoms with Gasteiger partial charge in [-0.1, -0.05) is 18.2 Å². The highest BCUT2D eigenvalue weighted by molar-refractivity contribution is 6.00. The minimum atomic E-state index is -0.316. The van der Waals surface area contributed by atoms with Gasteiger partial charge in [-0.05, 0) is 55.8 Å². The standard InChI is InChI=1S/C18H22N4O2/c1-13-12-15(20-17(23)8-5-11-19)9-10-16(13)22-18(24)21-14-6-3-2-4-7-14/h2-4,6-7,9-10,12H,5,8,11,19H2,1H3,(H,20,23)(H2,21,22,24). The smallest absolute Gasteiger partial charge is 0.323 e. The van der Waals surface area contributed by atoms with Crippen molar-refractivity contribution in [3.05, 3.63) is 54.1 Å². The van der Waals surface area contributed by atoms with Crippen molar-refractivity contribution in [2.45, 2.75) is 19.8 Å². The van der Waals surface area contributed by atoms with Gasteiger partial charge >= 0.3 is 6.03 Å². The van der Waals surface area contributed by atoms with Crippen LogP contribution in [0.4, 0.5) is 21.9 Å². The Morgan fingerprint density at radius 2 is 1.71 bits per heavy atom. The van der Waals surface area contributed by atoms with Gasteiger partial charge in [-0.3, -0.25) is 4.79 Å². The molecule has 0 saturated carbocycles. The molecule has 6 heteroatoms. The zero-order chi connectivity index (χ0) is 17.4. The second-order valence-electron chi connectivity index (χ2n) is 5.42. The second-order valence-corrected chi connectivity index (χ2v) is 5.42. The lowest BCUT2D eigenvalue weighted by molar-refractivity contribution is -0.116. The van der Waals surface area contributed by atoms with E-state index in [0.717, 1.165) is 11.3 Å². The Labute approximate surface area is 141 Å². The molecular weight excluding hydrogens is 304 g/mol. The van der Waals surface area contributed by atoms with Crippen molar-refractivity contribution in [2.24, 2.45) is 5.73 Å². The third kappa shape index (κ3) is 5.40. The summed E-state index contributed by atoms with van der Waals surface area (Å²) in [5.41, 5.74) is 8.35. The van der Waals surface area contributed by atoms with E-state index in [4.69, 9.17) is 5.73 Å². The molecule has 2 rings (SSSR count). The summed E-state index contributed by atoms with van der Waals surface area (Å²) in [5.74, 6) is -0.0672. The number of nitrogens with one attached hydrogen (secondary N) is 3. The Morgan fingerprint density at radius 3 is 2.38 bits per heavy atom. The lowest BCUT2D eigenvalue weighted by Crippen LogP contribution is -2.20. The predicted octanol–water partition coefficient (Wildman–Crippen LogP) is 3.32. The quantitative estimate of drug-likeness (QED) is 0.655. The summed E-state index contributed by atoms with van der Waals surface area (Å²) in [5, 5.41) is 8.37. The molecule has 126 valence electrons. The van der Waals surface area contributed by atoms with Gasteiger partial charge in [0.05, 0.1) is 0 Å². The molecule has 0 aliphatic carbocycles. The third-order valence-corrected chi connectivity index (χ3v) is 3.40. The van der Waals surface area contributed by atoms with Crippen LogP contribution in [-0.4, -0.2) is 18.5 Å². The fourth-order valence-corrected chi connectivity index (χ4v) is 2.17. The van der Waals surface area contributed by atoms with Gasteiger partial charge in [0.15, 0.2) is 0 Å². The van der Waals surface area contributed by atoms with Crippen molar-refractivity contribution < 1.29 is 9.59 Å². The zero-order valence-corrected chi connectivity index (χ0v) is 13.6. The van der Waals surface area contributed by atoms with Gasteiger partial charge in [-0.15, -0.1) is 0 Å². The molecule has 0 unspecified atom stereocenters. The maximum absolute atomic E-state index is 12.0. The Kier molecular flexibility index (Phi) is 6.33. The molecular formula is C18H22N4O2. The molecule has 0 bridgehead atoms. The summed E-state index contributed by atoms with van der Waals surface area (Å²) >= 11 is 0. The zero-order valence-electron chi connectivity index (χ0n) is 13.6. The summed E-state index contributed by atoms with van der Waals surface area (Å²) in [6.45, 7) is 2.36. The van der Waals surface area contributed by atoms with Gasteiger partial charge in [0.1, 0.15) is 0 Å². The van der Waals surface area contributed by atoms with E-state index in [1.165, 1.54) is 0 Å². The average molecular weight is 326 g/mol. The Balaban J connectivity index is 1.94. The number of amides is 3. The maximum atomic E-state index is 12.0. The van der Waals surface area contributed by atoms with Gasteiger partial charge in [0, 0.05) is 23.5 Å². The Hall–Kier alpha value is -2.86. The topological polar surface area (TPSA) is 96.2 Å². The lowest BCUT2D eigenvalue weighted by Gasteiger charge is -2.12. The van der Waals surface area contributed by atoms with E-state index in [9.17, 15) is 9.59 Å². The lowest BCUT2D eigenvalue weighted by atomic mass is 10.1. The number of para-hydroxylation sites is 1. The molecule has 5 N–H and O–H groups in total. The number of aryl methyl sites for hydroxylation is 1. The SMILES string of the molecule is Cc1cc(NC(=O)CCCN)ccc1NC(=O)Nc1ccccc1. The van der Waals surface area contributed by atoms with Gasteiger partial charge in [0.25, 0.3) is 0 Å². The average Bonchev–Trinajstić information content (AvgIpc) is 2.56. The summed E-state index contributed by atoms with van der Waals surface area (Å²) in [6, 6.07) is 14.2. The first-order chi connectivity index (χ1) is 11.6. The molecule has 0 saturated heterocycles. The first-order valence-corrected chi connectivity index (χ1v) is 7.82. The molecule has 0 radical (unpaired) electrons. The number of anilines is 3. The van der Waals surface area contributed by atoms with E-state index >= 15 is 0 Å². The van der Waals surface area contributed by atoms with Crippen LogP contribution in [0.3, 0.4) is 0 Å². The van der Waals surface area contributed by atoms with Gasteiger partial charge < -0.3 is 21.7 Å². The van der Waals surface area contributed by atoms with Crippen LogP contribution in [0.1, 0.15) is 18.4 Å². The number of rotatable bonds is 6. The number of carbonyl (C=O) groups is 2. The largest absolute Gasteiger partial charge is 0.330 e. The molecule has 2 aromatic rings. The molecule has 0 aliphatic rings. The van der Waals surface area contributed by atoms with E-state index < -0.39 is 0 Å². The van der Waals surface area contributed by atoms with Crippen LogP contribution in [0.25, 0.3) is 0 Å². The van der Waals surface area contributed by atoms with Crippen LogP contribution < -0.4 is 21.7 Å². The second kappa shape index (κ2) is 8.69. The molecule has 0 aromatic heterocycles. The summed E-state index contributed by atoms with van der Waals surface area (Å²) in [6.07, 6.45) is 1.05. The highest BCUT2D eigenvalue weighted by Crippen LogP contribution is 2.20. The number of nitrogens with two attached hydrogens (primary N) is 1. The highest BCUT2D eigenvalue weighted by atomic mass is 16.2. The van der Waals surface area contributed by atoms with E-state index in [0.29, 0.717) is 30.8 Å². The third-order valence-electron chi connectivity index (χ3n) is 3.40. The van der Waals surface area contributed by atoms with Crippen molar-refractivity contribution in [2.75, 3.05) is 22.5 Å². The van der Waals surface area contributed by atoms with Crippen molar-refractivity contribution in [3.8, 4) is 0 Å². The molecule has 0 fully saturated rings. The van der Waals surface area contributed by atoms with Crippen LogP contribution in [0.15, 0.2) is 48.5 Å². The summed E-state index contributed by atoms with van der Waals surface area (Å²) in [4.78, 5) is 23.7. The van der Waals surface area contributed by atoms with Crippen molar-refractivity contribution >= 4 is 29.0 Å². The van der Waals surface area contributed by atoms with Crippen molar-refractivity contribution in [1.29, 1.82) is 0 Å². The molecule has 0 heterocycles. The van der Waals surface area contributed by atoms with Crippen LogP contribution >= 0.6 is 0 Å². The van der Waals surface area contributed by atoms with E-state index in [1.807, 2.05) is 43.3 Å². The van der Waals surface area contributed by atoms with Crippen molar-refractivity contribution in [1.82, 2.24) is 0 Å². The van der Waals surface area contributed by atoms with Crippen LogP contribution in [0.2, 0.25) is 0 Å². The Bertz CT molecular complexity index is 701. The predicted molar refractivity (Wildman–Crippen MR) is 97.2 cm³/mol. The first kappa shape index (κ1) is 17.5. The van der Waals surface area contributed by atoms with Crippen LogP contribution in [-0.2, 0) is 4.79 Å². The van der Waals surface area contributed by atoms with Crippen molar-refractivity contribution in [3.63, 3.8) is 0 Å². The number of hydrogen-bond donors (Lipinski definition) is 4. The van der Waals surface area contributed by atoms with E-state index in [2.05, 4.69) is 16.0 Å². The fourth-order valence-electron chi connectivity index (χ4n) is 2.17. The van der Waals surface area contributed by atoms with Gasteiger partial charge in [0.2, 0.25) is 5.91 Å². The molecule has 6 nitrogen and oxygen atoms in total. The van der Waals surface area contributed by atoms with E-state index in [1.54, 1.807) is 12.1 Å². The number of carbonyl (C=O) groups excluding carboxylic acids is 2. The molecule has 0 spiro atoms. The maximum Gasteiger partial charge on any atom is 0.323 e. The minimum absolute atomic E-state index is 0.0672. The van der Waals surface area contributed by atoms with Crippen LogP contribution in [0, 0.1) is 6.92 Å². The van der Waals surface area contributed by atoms with Crippen LogP contribution in [0.5, 0.6) is 0 Å². The molecule has 3 amide bonds. The molecule has 2 aromatic carbocycles. The Morgan fingerprint density at radius 1 is 0.958 bits per heavy atom. The highest BCUT2D eigenvalue weighted by Gasteiger charge is 2.07. The van der Waals surface area contributed by atoms with E-state index in [-0.39, 0.29) is 11.9 Å².